The lowest BCUT2D eigenvalue weighted by Gasteiger charge is -2.47. The van der Waals surface area contributed by atoms with E-state index in [9.17, 15) is 4.39 Å². The molecule has 0 amide bonds. The van der Waals surface area contributed by atoms with E-state index in [-0.39, 0.29) is 30.0 Å². The Kier molecular flexibility index (Phi) is 4.54. The van der Waals surface area contributed by atoms with E-state index in [4.69, 9.17) is 21.6 Å². The first-order chi connectivity index (χ1) is 12.2. The molecule has 0 bridgehead atoms. The molecule has 0 saturated carbocycles. The third-order valence-corrected chi connectivity index (χ3v) is 5.73. The monoisotopic (exact) mass is 358 g/mol. The summed E-state index contributed by atoms with van der Waals surface area (Å²) in [6, 6.07) is 5.44. The van der Waals surface area contributed by atoms with Gasteiger partial charge in [-0.05, 0) is 31.4 Å². The molecule has 2 heterocycles. The Balaban J connectivity index is 1.73. The van der Waals surface area contributed by atoms with Gasteiger partial charge in [0, 0.05) is 28.5 Å². The van der Waals surface area contributed by atoms with Crippen molar-refractivity contribution >= 4 is 17.3 Å². The predicted octanol–water partition coefficient (Wildman–Crippen LogP) is 5.16. The predicted molar refractivity (Wildman–Crippen MR) is 95.8 cm³/mol. The Morgan fingerprint density at radius 2 is 2.20 bits per heavy atom. The van der Waals surface area contributed by atoms with Crippen LogP contribution in [0, 0.1) is 29.0 Å². The Labute approximate surface area is 152 Å². The normalized spacial score (nSPS) is 33.1. The molecule has 5 atom stereocenters. The van der Waals surface area contributed by atoms with Gasteiger partial charge in [-0.1, -0.05) is 35.9 Å². The molecular weight excluding hydrogens is 339 g/mol. The molecule has 1 aromatic rings. The summed E-state index contributed by atoms with van der Waals surface area (Å²) in [4.78, 5) is 0. The van der Waals surface area contributed by atoms with Crippen molar-refractivity contribution in [3.05, 3.63) is 52.8 Å². The maximum absolute atomic E-state index is 14.6. The summed E-state index contributed by atoms with van der Waals surface area (Å²) in [5.41, 5.74) is 1.28. The lowest BCUT2D eigenvalue weighted by Crippen LogP contribution is -2.47. The highest BCUT2D eigenvalue weighted by Gasteiger charge is 2.44. The summed E-state index contributed by atoms with van der Waals surface area (Å²) in [7, 11) is 0. The topological polar surface area (TPSA) is 45.0 Å². The van der Waals surface area contributed by atoms with Crippen molar-refractivity contribution in [2.24, 2.45) is 11.8 Å². The van der Waals surface area contributed by atoms with E-state index in [0.29, 0.717) is 23.0 Å². The Hall–Kier alpha value is -1.83. The molecule has 1 saturated heterocycles. The Morgan fingerprint density at radius 1 is 1.32 bits per heavy atom. The van der Waals surface area contributed by atoms with Crippen molar-refractivity contribution in [1.82, 2.24) is 0 Å². The first kappa shape index (κ1) is 16.6. The summed E-state index contributed by atoms with van der Waals surface area (Å²) < 4.78 is 20.8. The van der Waals surface area contributed by atoms with Crippen molar-refractivity contribution in [2.75, 3.05) is 5.32 Å². The number of anilines is 1. The summed E-state index contributed by atoms with van der Waals surface area (Å²) in [6.07, 6.45) is 11.2. The molecule has 0 spiro atoms. The van der Waals surface area contributed by atoms with Crippen molar-refractivity contribution in [1.29, 1.82) is 5.26 Å². The molecule has 0 aromatic heterocycles. The van der Waals surface area contributed by atoms with Crippen molar-refractivity contribution in [3.8, 4) is 6.07 Å². The maximum atomic E-state index is 14.6. The summed E-state index contributed by atoms with van der Waals surface area (Å²) >= 11 is 6.10. The summed E-state index contributed by atoms with van der Waals surface area (Å²) in [5, 5.41) is 12.8. The van der Waals surface area contributed by atoms with Crippen LogP contribution in [0.25, 0.3) is 0 Å². The van der Waals surface area contributed by atoms with Gasteiger partial charge in [0.2, 0.25) is 0 Å². The highest BCUT2D eigenvalue weighted by molar-refractivity contribution is 6.30. The fraction of sp³-hybridized carbons (Fsp3) is 0.450. The second-order valence-electron chi connectivity index (χ2n) is 7.02. The van der Waals surface area contributed by atoms with Crippen LogP contribution >= 0.6 is 11.6 Å². The number of nitrogens with one attached hydrogen (secondary N) is 1. The molecule has 25 heavy (non-hydrogen) atoms. The third-order valence-electron chi connectivity index (χ3n) is 5.51. The van der Waals surface area contributed by atoms with Crippen LogP contribution in [-0.4, -0.2) is 12.1 Å². The number of nitriles is 1. The average Bonchev–Trinajstić information content (AvgIpc) is 2.62. The number of rotatable bonds is 2. The van der Waals surface area contributed by atoms with Gasteiger partial charge < -0.3 is 10.1 Å². The lowest BCUT2D eigenvalue weighted by molar-refractivity contribution is -0.0933. The van der Waals surface area contributed by atoms with Gasteiger partial charge >= 0.3 is 0 Å². The van der Waals surface area contributed by atoms with E-state index in [0.717, 1.165) is 24.8 Å². The number of nitrogens with zero attached hydrogens (tertiary/aromatic N) is 1. The van der Waals surface area contributed by atoms with Gasteiger partial charge in [-0.25, -0.2) is 4.39 Å². The molecule has 1 fully saturated rings. The fourth-order valence-corrected chi connectivity index (χ4v) is 4.58. The van der Waals surface area contributed by atoms with Crippen molar-refractivity contribution < 1.29 is 9.13 Å². The second kappa shape index (κ2) is 6.82. The number of fused-ring (bicyclic) bond motifs is 3. The zero-order chi connectivity index (χ0) is 17.4. The van der Waals surface area contributed by atoms with Gasteiger partial charge in [-0.15, -0.1) is 0 Å². The maximum Gasteiger partial charge on any atom is 0.148 e. The van der Waals surface area contributed by atoms with E-state index in [2.05, 4.69) is 29.6 Å². The van der Waals surface area contributed by atoms with Crippen LogP contribution in [0.4, 0.5) is 10.1 Å². The molecule has 1 aliphatic carbocycles. The van der Waals surface area contributed by atoms with Gasteiger partial charge in [0.15, 0.2) is 0 Å². The zero-order valence-corrected chi connectivity index (χ0v) is 14.5. The fourth-order valence-electron chi connectivity index (χ4n) is 4.36. The molecule has 130 valence electrons. The van der Waals surface area contributed by atoms with Crippen LogP contribution in [0.3, 0.4) is 0 Å². The van der Waals surface area contributed by atoms with Gasteiger partial charge in [0.05, 0.1) is 30.4 Å². The molecule has 2 aliphatic heterocycles. The van der Waals surface area contributed by atoms with E-state index in [1.165, 1.54) is 6.07 Å². The number of halogens is 2. The molecule has 5 heteroatoms. The largest absolute Gasteiger partial charge is 0.379 e. The van der Waals surface area contributed by atoms with E-state index < -0.39 is 0 Å². The second-order valence-corrected chi connectivity index (χ2v) is 7.45. The molecule has 1 unspecified atom stereocenters. The highest BCUT2D eigenvalue weighted by atomic mass is 35.5. The highest BCUT2D eigenvalue weighted by Crippen LogP contribution is 2.49. The summed E-state index contributed by atoms with van der Waals surface area (Å²) in [6.45, 7) is 0. The Morgan fingerprint density at radius 3 is 2.96 bits per heavy atom. The first-order valence-corrected chi connectivity index (χ1v) is 9.16. The quantitative estimate of drug-likeness (QED) is 0.794. The van der Waals surface area contributed by atoms with Crippen LogP contribution < -0.4 is 5.32 Å². The zero-order valence-electron chi connectivity index (χ0n) is 13.8. The molecule has 1 N–H and O–H groups in total. The Bertz CT molecular complexity index is 770. The van der Waals surface area contributed by atoms with Gasteiger partial charge in [-0.3, -0.25) is 0 Å². The van der Waals surface area contributed by atoms with Crippen LogP contribution in [0.2, 0.25) is 5.02 Å². The smallest absolute Gasteiger partial charge is 0.148 e. The first-order valence-electron chi connectivity index (χ1n) is 8.78. The number of benzene rings is 1. The van der Waals surface area contributed by atoms with Gasteiger partial charge in [-0.2, -0.15) is 5.26 Å². The SMILES string of the molecule is N#CC[C@H]1CC[C@@H]2[C@H](O1)c1cc(Cl)cc(F)c1N[C@H]2C1C=CC=CC1. The third kappa shape index (κ3) is 3.07. The molecule has 3 aliphatic rings. The minimum atomic E-state index is -0.340. The van der Waals surface area contributed by atoms with E-state index in [1.807, 2.05) is 6.08 Å². The molecular formula is C20H20ClFN2O. The van der Waals surface area contributed by atoms with Crippen molar-refractivity contribution in [2.45, 2.75) is 43.9 Å². The number of hydrogen-bond acceptors (Lipinski definition) is 3. The van der Waals surface area contributed by atoms with Crippen LogP contribution in [0.15, 0.2) is 36.4 Å². The molecule has 0 radical (unpaired) electrons. The molecule has 1 aromatic carbocycles. The van der Waals surface area contributed by atoms with Crippen LogP contribution in [-0.2, 0) is 4.74 Å². The van der Waals surface area contributed by atoms with Crippen LogP contribution in [0.5, 0.6) is 0 Å². The number of allylic oxidation sites excluding steroid dienone is 3. The minimum absolute atomic E-state index is 0.0957. The van der Waals surface area contributed by atoms with E-state index in [1.54, 1.807) is 6.07 Å². The standard InChI is InChI=1S/C20H20ClFN2O/c21-13-10-16-19(17(22)11-13)24-18(12-4-2-1-3-5-12)15-7-6-14(8-9-23)25-20(15)16/h1-4,10-12,14-15,18,20,24H,5-8H2/t12?,14-,15+,18+,20+/m1/s1. The average molecular weight is 359 g/mol. The van der Waals surface area contributed by atoms with Crippen molar-refractivity contribution in [3.63, 3.8) is 0 Å². The lowest BCUT2D eigenvalue weighted by atomic mass is 9.73. The van der Waals surface area contributed by atoms with Crippen LogP contribution in [0.1, 0.15) is 37.4 Å². The molecule has 4 rings (SSSR count). The van der Waals surface area contributed by atoms with Gasteiger partial charge in [0.1, 0.15) is 5.82 Å². The molecule has 3 nitrogen and oxygen atoms in total. The van der Waals surface area contributed by atoms with Gasteiger partial charge in [0.25, 0.3) is 0 Å². The minimum Gasteiger partial charge on any atom is -0.379 e. The number of ether oxygens (including phenoxy) is 1. The van der Waals surface area contributed by atoms with E-state index >= 15 is 0 Å². The summed E-state index contributed by atoms with van der Waals surface area (Å²) in [5.74, 6) is 0.200. The number of hydrogen-bond donors (Lipinski definition) is 1.